The predicted octanol–water partition coefficient (Wildman–Crippen LogP) is 4.86. The van der Waals surface area contributed by atoms with Gasteiger partial charge in [0.2, 0.25) is 0 Å². The third-order valence-electron chi connectivity index (χ3n) is 3.59. The molecule has 0 spiro atoms. The SMILES string of the molecule is Cc1ccccc1CNC(C)c1ccccc1C(F)(F)F. The van der Waals surface area contributed by atoms with Crippen LogP contribution in [0.15, 0.2) is 48.5 Å². The number of aryl methyl sites for hydroxylation is 1. The first-order chi connectivity index (χ1) is 9.89. The van der Waals surface area contributed by atoms with Gasteiger partial charge >= 0.3 is 6.18 Å². The fraction of sp³-hybridized carbons (Fsp3) is 0.294. The van der Waals surface area contributed by atoms with Gasteiger partial charge in [0.15, 0.2) is 0 Å². The first-order valence-electron chi connectivity index (χ1n) is 6.83. The highest BCUT2D eigenvalue weighted by Crippen LogP contribution is 2.34. The minimum atomic E-state index is -4.32. The van der Waals surface area contributed by atoms with Crippen molar-refractivity contribution >= 4 is 0 Å². The van der Waals surface area contributed by atoms with Gasteiger partial charge in [0.05, 0.1) is 5.56 Å². The predicted molar refractivity (Wildman–Crippen MR) is 77.9 cm³/mol. The number of nitrogens with one attached hydrogen (secondary N) is 1. The molecular weight excluding hydrogens is 275 g/mol. The van der Waals surface area contributed by atoms with Gasteiger partial charge in [0.1, 0.15) is 0 Å². The van der Waals surface area contributed by atoms with E-state index in [-0.39, 0.29) is 11.6 Å². The molecular formula is C17H18F3N. The van der Waals surface area contributed by atoms with Crippen LogP contribution in [0.2, 0.25) is 0 Å². The molecule has 0 saturated heterocycles. The van der Waals surface area contributed by atoms with E-state index in [1.807, 2.05) is 31.2 Å². The van der Waals surface area contributed by atoms with Gasteiger partial charge in [-0.05, 0) is 36.6 Å². The maximum Gasteiger partial charge on any atom is 0.416 e. The van der Waals surface area contributed by atoms with Crippen LogP contribution in [0, 0.1) is 6.92 Å². The summed E-state index contributed by atoms with van der Waals surface area (Å²) in [5.41, 5.74) is 1.92. The normalized spacial score (nSPS) is 13.2. The lowest BCUT2D eigenvalue weighted by Crippen LogP contribution is -2.22. The lowest BCUT2D eigenvalue weighted by atomic mass is 10.0. The molecule has 0 aromatic heterocycles. The van der Waals surface area contributed by atoms with E-state index in [1.165, 1.54) is 12.1 Å². The molecule has 21 heavy (non-hydrogen) atoms. The van der Waals surface area contributed by atoms with Crippen molar-refractivity contribution < 1.29 is 13.2 Å². The molecule has 1 N–H and O–H groups in total. The zero-order chi connectivity index (χ0) is 15.5. The maximum atomic E-state index is 13.0. The van der Waals surface area contributed by atoms with Crippen LogP contribution in [0.4, 0.5) is 13.2 Å². The number of alkyl halides is 3. The second-order valence-corrected chi connectivity index (χ2v) is 5.11. The van der Waals surface area contributed by atoms with Crippen molar-refractivity contribution in [2.75, 3.05) is 0 Å². The van der Waals surface area contributed by atoms with E-state index in [9.17, 15) is 13.2 Å². The summed E-state index contributed by atoms with van der Waals surface area (Å²) in [6.45, 7) is 4.29. The monoisotopic (exact) mass is 293 g/mol. The summed E-state index contributed by atoms with van der Waals surface area (Å²) in [4.78, 5) is 0. The van der Waals surface area contributed by atoms with E-state index >= 15 is 0 Å². The molecule has 0 aliphatic heterocycles. The number of benzene rings is 2. The molecule has 0 fully saturated rings. The highest BCUT2D eigenvalue weighted by Gasteiger charge is 2.33. The molecule has 0 heterocycles. The van der Waals surface area contributed by atoms with Crippen LogP contribution in [-0.2, 0) is 12.7 Å². The maximum absolute atomic E-state index is 13.0. The van der Waals surface area contributed by atoms with Gasteiger partial charge in [-0.3, -0.25) is 0 Å². The van der Waals surface area contributed by atoms with Gasteiger partial charge in [0.25, 0.3) is 0 Å². The molecule has 0 bridgehead atoms. The number of hydrogen-bond donors (Lipinski definition) is 1. The highest BCUT2D eigenvalue weighted by atomic mass is 19.4. The molecule has 0 radical (unpaired) electrons. The first kappa shape index (κ1) is 15.6. The summed E-state index contributed by atoms with van der Waals surface area (Å²) < 4.78 is 39.0. The largest absolute Gasteiger partial charge is 0.416 e. The van der Waals surface area contributed by atoms with E-state index in [0.29, 0.717) is 6.54 Å². The van der Waals surface area contributed by atoms with Gasteiger partial charge in [-0.2, -0.15) is 13.2 Å². The van der Waals surface area contributed by atoms with Crippen molar-refractivity contribution in [3.63, 3.8) is 0 Å². The number of hydrogen-bond acceptors (Lipinski definition) is 1. The Hall–Kier alpha value is -1.81. The summed E-state index contributed by atoms with van der Waals surface area (Å²) in [6, 6.07) is 13.2. The van der Waals surface area contributed by atoms with E-state index in [2.05, 4.69) is 5.32 Å². The van der Waals surface area contributed by atoms with Crippen LogP contribution >= 0.6 is 0 Å². The average molecular weight is 293 g/mol. The molecule has 0 saturated carbocycles. The standard InChI is InChI=1S/C17H18F3N/c1-12-7-3-4-8-14(12)11-21-13(2)15-9-5-6-10-16(15)17(18,19)20/h3-10,13,21H,11H2,1-2H3. The van der Waals surface area contributed by atoms with Gasteiger partial charge in [-0.25, -0.2) is 0 Å². The van der Waals surface area contributed by atoms with Crippen LogP contribution in [0.1, 0.15) is 35.2 Å². The van der Waals surface area contributed by atoms with Crippen LogP contribution < -0.4 is 5.32 Å². The van der Waals surface area contributed by atoms with Crippen molar-refractivity contribution in [2.45, 2.75) is 32.6 Å². The summed E-state index contributed by atoms with van der Waals surface area (Å²) in [5, 5.41) is 3.17. The Morgan fingerprint density at radius 2 is 1.62 bits per heavy atom. The summed E-state index contributed by atoms with van der Waals surface area (Å²) in [6.07, 6.45) is -4.32. The zero-order valence-corrected chi connectivity index (χ0v) is 12.0. The molecule has 0 aliphatic rings. The average Bonchev–Trinajstić information content (AvgIpc) is 2.45. The molecule has 1 unspecified atom stereocenters. The second kappa shape index (κ2) is 6.31. The molecule has 2 rings (SSSR count). The first-order valence-corrected chi connectivity index (χ1v) is 6.83. The lowest BCUT2D eigenvalue weighted by Gasteiger charge is -2.20. The van der Waals surface area contributed by atoms with Gasteiger partial charge < -0.3 is 5.32 Å². The minimum Gasteiger partial charge on any atom is -0.306 e. The van der Waals surface area contributed by atoms with Crippen molar-refractivity contribution in [3.8, 4) is 0 Å². The Labute approximate surface area is 122 Å². The number of halogens is 3. The van der Waals surface area contributed by atoms with Crippen molar-refractivity contribution in [3.05, 3.63) is 70.8 Å². The van der Waals surface area contributed by atoms with Crippen molar-refractivity contribution in [2.24, 2.45) is 0 Å². The van der Waals surface area contributed by atoms with Gasteiger partial charge in [-0.15, -0.1) is 0 Å². The van der Waals surface area contributed by atoms with E-state index in [4.69, 9.17) is 0 Å². The van der Waals surface area contributed by atoms with Crippen molar-refractivity contribution in [1.82, 2.24) is 5.32 Å². The van der Waals surface area contributed by atoms with Crippen LogP contribution in [0.3, 0.4) is 0 Å². The highest BCUT2D eigenvalue weighted by molar-refractivity contribution is 5.32. The third kappa shape index (κ3) is 3.85. The molecule has 2 aromatic carbocycles. The van der Waals surface area contributed by atoms with Gasteiger partial charge in [-0.1, -0.05) is 42.5 Å². The topological polar surface area (TPSA) is 12.0 Å². The minimum absolute atomic E-state index is 0.276. The second-order valence-electron chi connectivity index (χ2n) is 5.11. The molecule has 1 nitrogen and oxygen atoms in total. The molecule has 112 valence electrons. The van der Waals surface area contributed by atoms with Crippen LogP contribution in [-0.4, -0.2) is 0 Å². The Balaban J connectivity index is 2.15. The fourth-order valence-electron chi connectivity index (χ4n) is 2.31. The molecule has 2 aromatic rings. The van der Waals surface area contributed by atoms with Crippen molar-refractivity contribution in [1.29, 1.82) is 0 Å². The Morgan fingerprint density at radius 1 is 1.00 bits per heavy atom. The third-order valence-corrected chi connectivity index (χ3v) is 3.59. The Morgan fingerprint density at radius 3 is 2.29 bits per heavy atom. The molecule has 0 aliphatic carbocycles. The number of rotatable bonds is 4. The van der Waals surface area contributed by atoms with E-state index in [0.717, 1.165) is 17.2 Å². The quantitative estimate of drug-likeness (QED) is 0.848. The fourth-order valence-corrected chi connectivity index (χ4v) is 2.31. The molecule has 1 atom stereocenters. The Bertz CT molecular complexity index is 605. The zero-order valence-electron chi connectivity index (χ0n) is 12.0. The van der Waals surface area contributed by atoms with Crippen LogP contribution in [0.5, 0.6) is 0 Å². The summed E-state index contributed by atoms with van der Waals surface area (Å²) >= 11 is 0. The smallest absolute Gasteiger partial charge is 0.306 e. The molecule has 4 heteroatoms. The van der Waals surface area contributed by atoms with E-state index < -0.39 is 11.7 Å². The summed E-state index contributed by atoms with van der Waals surface area (Å²) in [5.74, 6) is 0. The molecule has 0 amide bonds. The van der Waals surface area contributed by atoms with Gasteiger partial charge in [0, 0.05) is 12.6 Å². The lowest BCUT2D eigenvalue weighted by molar-refractivity contribution is -0.138. The van der Waals surface area contributed by atoms with E-state index in [1.54, 1.807) is 13.0 Å². The Kier molecular flexibility index (Phi) is 4.68. The van der Waals surface area contributed by atoms with Crippen LogP contribution in [0.25, 0.3) is 0 Å². The summed E-state index contributed by atoms with van der Waals surface area (Å²) in [7, 11) is 0.